The third-order valence-electron chi connectivity index (χ3n) is 2.85. The van der Waals surface area contributed by atoms with Crippen LogP contribution >= 0.6 is 0 Å². The number of rotatable bonds is 4. The average Bonchev–Trinajstić information content (AvgIpc) is 2.46. The molecule has 20 heavy (non-hydrogen) atoms. The summed E-state index contributed by atoms with van der Waals surface area (Å²) in [5.41, 5.74) is 0.690. The van der Waals surface area contributed by atoms with Crippen LogP contribution in [0.4, 0.5) is 14.5 Å². The summed E-state index contributed by atoms with van der Waals surface area (Å²) in [6, 6.07) is 11.5. The molecule has 0 aliphatic heterocycles. The summed E-state index contributed by atoms with van der Waals surface area (Å²) >= 11 is 0. The van der Waals surface area contributed by atoms with Gasteiger partial charge in [-0.15, -0.1) is 0 Å². The molecule has 5 heteroatoms. The number of hydrogen-bond acceptors (Lipinski definition) is 3. The number of aliphatic hydroxyl groups excluding tert-OH is 1. The van der Waals surface area contributed by atoms with Gasteiger partial charge in [0.25, 0.3) is 0 Å². The van der Waals surface area contributed by atoms with E-state index in [1.54, 1.807) is 6.07 Å². The quantitative estimate of drug-likeness (QED) is 0.901. The lowest BCUT2D eigenvalue weighted by Crippen LogP contribution is -2.14. The first-order valence-electron chi connectivity index (χ1n) is 5.98. The Morgan fingerprint density at radius 2 is 1.95 bits per heavy atom. The Morgan fingerprint density at radius 3 is 2.65 bits per heavy atom. The van der Waals surface area contributed by atoms with E-state index in [1.165, 1.54) is 30.3 Å². The highest BCUT2D eigenvalue weighted by atomic mass is 19.1. The van der Waals surface area contributed by atoms with E-state index in [-0.39, 0.29) is 17.7 Å². The van der Waals surface area contributed by atoms with Crippen molar-refractivity contribution in [2.75, 3.05) is 11.9 Å². The fourth-order valence-corrected chi connectivity index (χ4v) is 1.83. The maximum atomic E-state index is 13.5. The van der Waals surface area contributed by atoms with Gasteiger partial charge in [0.05, 0.1) is 17.4 Å². The van der Waals surface area contributed by atoms with Gasteiger partial charge in [-0.1, -0.05) is 18.2 Å². The highest BCUT2D eigenvalue weighted by Crippen LogP contribution is 2.20. The number of benzene rings is 2. The molecule has 1 atom stereocenters. The number of aliphatic hydroxyl groups is 1. The van der Waals surface area contributed by atoms with Crippen LogP contribution in [0.3, 0.4) is 0 Å². The highest BCUT2D eigenvalue weighted by molar-refractivity contribution is 5.57. The molecule has 0 radical (unpaired) electrons. The lowest BCUT2D eigenvalue weighted by Gasteiger charge is -2.14. The van der Waals surface area contributed by atoms with Crippen LogP contribution in [0.1, 0.15) is 17.2 Å². The summed E-state index contributed by atoms with van der Waals surface area (Å²) in [6.45, 7) is 0.0151. The molecular weight excluding hydrogens is 262 g/mol. The summed E-state index contributed by atoms with van der Waals surface area (Å²) in [5.74, 6) is -1.01. The van der Waals surface area contributed by atoms with Crippen molar-refractivity contribution in [2.45, 2.75) is 6.10 Å². The zero-order valence-corrected chi connectivity index (χ0v) is 10.5. The second-order valence-corrected chi connectivity index (χ2v) is 4.22. The topological polar surface area (TPSA) is 56.0 Å². The zero-order chi connectivity index (χ0) is 14.5. The number of anilines is 1. The Bertz CT molecular complexity index is 653. The fraction of sp³-hybridized carbons (Fsp3) is 0.133. The van der Waals surface area contributed by atoms with E-state index in [2.05, 4.69) is 5.32 Å². The highest BCUT2D eigenvalue weighted by Gasteiger charge is 2.12. The van der Waals surface area contributed by atoms with Crippen LogP contribution in [0.5, 0.6) is 0 Å². The molecule has 2 N–H and O–H groups in total. The summed E-state index contributed by atoms with van der Waals surface area (Å²) in [4.78, 5) is 0. The van der Waals surface area contributed by atoms with Crippen LogP contribution in [0.2, 0.25) is 0 Å². The fourth-order valence-electron chi connectivity index (χ4n) is 1.83. The standard InChI is InChI=1S/C15H12F2N2O/c16-11-5-6-14(10(7-11)8-18)19-9-15(20)12-3-1-2-4-13(12)17/h1-7,15,19-20H,9H2. The van der Waals surface area contributed by atoms with Crippen LogP contribution in [-0.2, 0) is 0 Å². The molecule has 2 aromatic rings. The van der Waals surface area contributed by atoms with Crippen molar-refractivity contribution >= 4 is 5.69 Å². The number of nitrogens with one attached hydrogen (secondary N) is 1. The maximum Gasteiger partial charge on any atom is 0.129 e. The maximum absolute atomic E-state index is 13.5. The van der Waals surface area contributed by atoms with Gasteiger partial charge in [-0.25, -0.2) is 8.78 Å². The van der Waals surface area contributed by atoms with Crippen LogP contribution < -0.4 is 5.32 Å². The van der Waals surface area contributed by atoms with Crippen molar-refractivity contribution in [3.05, 3.63) is 65.2 Å². The zero-order valence-electron chi connectivity index (χ0n) is 10.5. The Hall–Kier alpha value is -2.45. The first kappa shape index (κ1) is 14.0. The third-order valence-corrected chi connectivity index (χ3v) is 2.85. The first-order chi connectivity index (χ1) is 9.61. The predicted octanol–water partition coefficient (Wildman–Crippen LogP) is 2.98. The molecule has 0 fully saturated rings. The summed E-state index contributed by atoms with van der Waals surface area (Å²) in [7, 11) is 0. The minimum atomic E-state index is -1.06. The van der Waals surface area contributed by atoms with Gasteiger partial charge in [0, 0.05) is 12.1 Å². The second kappa shape index (κ2) is 6.13. The normalized spacial score (nSPS) is 11.7. The molecule has 0 spiro atoms. The van der Waals surface area contributed by atoms with E-state index < -0.39 is 17.7 Å². The average molecular weight is 274 g/mol. The number of nitrogens with zero attached hydrogens (tertiary/aromatic N) is 1. The van der Waals surface area contributed by atoms with Crippen molar-refractivity contribution in [2.24, 2.45) is 0 Å². The molecular formula is C15H12F2N2O. The van der Waals surface area contributed by atoms with Crippen LogP contribution in [0, 0.1) is 23.0 Å². The SMILES string of the molecule is N#Cc1cc(F)ccc1NCC(O)c1ccccc1F. The molecule has 0 aliphatic rings. The lowest BCUT2D eigenvalue weighted by molar-refractivity contribution is 0.186. The molecule has 2 rings (SSSR count). The first-order valence-corrected chi connectivity index (χ1v) is 5.98. The van der Waals surface area contributed by atoms with E-state index in [0.717, 1.165) is 6.07 Å². The van der Waals surface area contributed by atoms with Crippen LogP contribution in [0.15, 0.2) is 42.5 Å². The summed E-state index contributed by atoms with van der Waals surface area (Å²) in [6.07, 6.45) is -1.06. The van der Waals surface area contributed by atoms with Gasteiger partial charge in [0.1, 0.15) is 17.7 Å². The van der Waals surface area contributed by atoms with Crippen molar-refractivity contribution in [1.29, 1.82) is 5.26 Å². The van der Waals surface area contributed by atoms with Gasteiger partial charge >= 0.3 is 0 Å². The number of hydrogen-bond donors (Lipinski definition) is 2. The predicted molar refractivity (Wildman–Crippen MR) is 71.0 cm³/mol. The smallest absolute Gasteiger partial charge is 0.129 e. The molecule has 0 amide bonds. The van der Waals surface area contributed by atoms with Crippen LogP contribution in [-0.4, -0.2) is 11.7 Å². The van der Waals surface area contributed by atoms with E-state index in [1.807, 2.05) is 6.07 Å². The van der Waals surface area contributed by atoms with E-state index in [0.29, 0.717) is 5.69 Å². The minimum absolute atomic E-state index is 0.0151. The Kier molecular flexibility index (Phi) is 4.28. The van der Waals surface area contributed by atoms with Crippen molar-refractivity contribution < 1.29 is 13.9 Å². The Labute approximate surface area is 115 Å². The molecule has 2 aromatic carbocycles. The molecule has 0 heterocycles. The molecule has 0 bridgehead atoms. The van der Waals surface area contributed by atoms with Crippen molar-refractivity contribution in [3.8, 4) is 6.07 Å². The van der Waals surface area contributed by atoms with Gasteiger partial charge in [-0.05, 0) is 24.3 Å². The largest absolute Gasteiger partial charge is 0.386 e. The molecule has 0 saturated carbocycles. The molecule has 102 valence electrons. The molecule has 3 nitrogen and oxygen atoms in total. The van der Waals surface area contributed by atoms with E-state index in [4.69, 9.17) is 5.26 Å². The van der Waals surface area contributed by atoms with Gasteiger partial charge in [0.2, 0.25) is 0 Å². The monoisotopic (exact) mass is 274 g/mol. The minimum Gasteiger partial charge on any atom is -0.386 e. The number of nitriles is 1. The van der Waals surface area contributed by atoms with Gasteiger partial charge in [0.15, 0.2) is 0 Å². The summed E-state index contributed by atoms with van der Waals surface area (Å²) < 4.78 is 26.4. The van der Waals surface area contributed by atoms with Gasteiger partial charge in [-0.2, -0.15) is 5.26 Å². The third kappa shape index (κ3) is 3.11. The number of halogens is 2. The lowest BCUT2D eigenvalue weighted by atomic mass is 10.1. The molecule has 0 aromatic heterocycles. The Morgan fingerprint density at radius 1 is 1.20 bits per heavy atom. The second-order valence-electron chi connectivity index (χ2n) is 4.22. The van der Waals surface area contributed by atoms with E-state index >= 15 is 0 Å². The van der Waals surface area contributed by atoms with Gasteiger partial charge < -0.3 is 10.4 Å². The van der Waals surface area contributed by atoms with Crippen molar-refractivity contribution in [1.82, 2.24) is 0 Å². The molecule has 0 saturated heterocycles. The molecule has 0 aliphatic carbocycles. The van der Waals surface area contributed by atoms with E-state index in [9.17, 15) is 13.9 Å². The molecule has 1 unspecified atom stereocenters. The van der Waals surface area contributed by atoms with Crippen LogP contribution in [0.25, 0.3) is 0 Å². The summed E-state index contributed by atoms with van der Waals surface area (Å²) in [5, 5.41) is 21.6. The van der Waals surface area contributed by atoms with Crippen molar-refractivity contribution in [3.63, 3.8) is 0 Å². The van der Waals surface area contributed by atoms with Gasteiger partial charge in [-0.3, -0.25) is 0 Å². The Balaban J connectivity index is 2.10.